The summed E-state index contributed by atoms with van der Waals surface area (Å²) >= 11 is 0. The molecule has 0 aromatic rings. The monoisotopic (exact) mass is 167 g/mol. The van der Waals surface area contributed by atoms with Crippen molar-refractivity contribution in [2.45, 2.75) is 45.2 Å². The highest BCUT2D eigenvalue weighted by Gasteiger charge is 2.50. The normalized spacial score (nSPS) is 25.4. The van der Waals surface area contributed by atoms with E-state index in [1.165, 1.54) is 0 Å². The van der Waals surface area contributed by atoms with Crippen LogP contribution in [0, 0.1) is 11.3 Å². The Balaban J connectivity index is 2.69. The van der Waals surface area contributed by atoms with Gasteiger partial charge in [-0.2, -0.15) is 5.26 Å². The molecular weight excluding hydrogens is 153 g/mol. The van der Waals surface area contributed by atoms with Gasteiger partial charge in [-0.25, -0.2) is 0 Å². The van der Waals surface area contributed by atoms with Crippen LogP contribution in [0.5, 0.6) is 0 Å². The molecule has 0 bridgehead atoms. The average molecular weight is 167 g/mol. The zero-order valence-electron chi connectivity index (χ0n) is 8.05. The van der Waals surface area contributed by atoms with Gasteiger partial charge in [0.15, 0.2) is 0 Å². The Kier molecular flexibility index (Phi) is 2.20. The van der Waals surface area contributed by atoms with Gasteiger partial charge < -0.3 is 9.31 Å². The SMILES string of the molecule is CC1(C)OB(CC#N)OC1(C)C. The molecule has 66 valence electrons. The Morgan fingerprint density at radius 3 is 1.92 bits per heavy atom. The maximum absolute atomic E-state index is 8.46. The molecule has 1 fully saturated rings. The largest absolute Gasteiger partial charge is 0.472 e. The molecule has 0 aromatic carbocycles. The van der Waals surface area contributed by atoms with Crippen molar-refractivity contribution in [3.05, 3.63) is 0 Å². The molecule has 1 aliphatic heterocycles. The molecule has 4 heteroatoms. The Hall–Kier alpha value is -0.525. The second-order valence-corrected chi connectivity index (χ2v) is 4.05. The van der Waals surface area contributed by atoms with E-state index in [1.807, 2.05) is 33.8 Å². The molecule has 3 nitrogen and oxygen atoms in total. The van der Waals surface area contributed by atoms with Crippen LogP contribution in [-0.4, -0.2) is 18.3 Å². The minimum Gasteiger partial charge on any atom is -0.403 e. The molecule has 12 heavy (non-hydrogen) atoms. The first-order valence-corrected chi connectivity index (χ1v) is 4.12. The molecule has 0 N–H and O–H groups in total. The lowest BCUT2D eigenvalue weighted by atomic mass is 9.86. The maximum atomic E-state index is 8.46. The van der Waals surface area contributed by atoms with Crippen molar-refractivity contribution in [3.63, 3.8) is 0 Å². The van der Waals surface area contributed by atoms with Gasteiger partial charge >= 0.3 is 7.12 Å². The summed E-state index contributed by atoms with van der Waals surface area (Å²) in [6, 6.07) is 2.04. The fraction of sp³-hybridized carbons (Fsp3) is 0.875. The molecule has 0 radical (unpaired) electrons. The number of hydrogen-bond donors (Lipinski definition) is 0. The fourth-order valence-electron chi connectivity index (χ4n) is 1.12. The summed E-state index contributed by atoms with van der Waals surface area (Å²) in [5, 5.41) is 8.46. The third-order valence-electron chi connectivity index (χ3n) is 2.56. The lowest BCUT2D eigenvalue weighted by Crippen LogP contribution is -2.41. The van der Waals surface area contributed by atoms with E-state index in [2.05, 4.69) is 0 Å². The summed E-state index contributed by atoms with van der Waals surface area (Å²) in [5.41, 5.74) is -0.622. The van der Waals surface area contributed by atoms with E-state index in [9.17, 15) is 0 Å². The number of rotatable bonds is 1. The molecule has 0 atom stereocenters. The van der Waals surface area contributed by atoms with E-state index in [0.717, 1.165) is 0 Å². The van der Waals surface area contributed by atoms with Gasteiger partial charge in [-0.05, 0) is 27.7 Å². The van der Waals surface area contributed by atoms with Crippen LogP contribution >= 0.6 is 0 Å². The topological polar surface area (TPSA) is 42.2 Å². The predicted octanol–water partition coefficient (Wildman–Crippen LogP) is 1.60. The minimum atomic E-state index is -0.361. The Morgan fingerprint density at radius 1 is 1.17 bits per heavy atom. The standard InChI is InChI=1S/C8H14BNO2/c1-7(2)8(3,4)12-9(11-7)5-6-10/h5H2,1-4H3. The molecule has 0 aromatic heterocycles. The highest BCUT2D eigenvalue weighted by molar-refractivity contribution is 6.46. The summed E-state index contributed by atoms with van der Waals surface area (Å²) in [4.78, 5) is 0. The molecule has 0 amide bonds. The van der Waals surface area contributed by atoms with E-state index in [4.69, 9.17) is 14.6 Å². The van der Waals surface area contributed by atoms with E-state index < -0.39 is 0 Å². The van der Waals surface area contributed by atoms with Crippen LogP contribution in [0.15, 0.2) is 0 Å². The van der Waals surface area contributed by atoms with Gasteiger partial charge in [-0.1, -0.05) is 0 Å². The van der Waals surface area contributed by atoms with Crippen molar-refractivity contribution in [3.8, 4) is 6.07 Å². The van der Waals surface area contributed by atoms with Crippen molar-refractivity contribution in [1.82, 2.24) is 0 Å². The van der Waals surface area contributed by atoms with Gasteiger partial charge in [0.2, 0.25) is 0 Å². The summed E-state index contributed by atoms with van der Waals surface area (Å²) in [6.07, 6.45) is 0.298. The fourth-order valence-corrected chi connectivity index (χ4v) is 1.12. The van der Waals surface area contributed by atoms with Gasteiger partial charge in [0.25, 0.3) is 0 Å². The van der Waals surface area contributed by atoms with Crippen LogP contribution < -0.4 is 0 Å². The van der Waals surface area contributed by atoms with Crippen molar-refractivity contribution in [2.24, 2.45) is 0 Å². The molecule has 0 spiro atoms. The Morgan fingerprint density at radius 2 is 1.58 bits per heavy atom. The molecule has 0 unspecified atom stereocenters. The average Bonchev–Trinajstić information content (AvgIpc) is 2.02. The maximum Gasteiger partial charge on any atom is 0.472 e. The van der Waals surface area contributed by atoms with Gasteiger partial charge in [0.05, 0.1) is 23.6 Å². The smallest absolute Gasteiger partial charge is 0.403 e. The summed E-state index contributed by atoms with van der Waals surface area (Å²) in [6.45, 7) is 7.91. The first-order valence-electron chi connectivity index (χ1n) is 4.12. The van der Waals surface area contributed by atoms with Crippen LogP contribution in [0.4, 0.5) is 0 Å². The molecule has 1 rings (SSSR count). The molecule has 1 saturated heterocycles. The van der Waals surface area contributed by atoms with Gasteiger partial charge in [0, 0.05) is 0 Å². The van der Waals surface area contributed by atoms with Crippen LogP contribution in [0.3, 0.4) is 0 Å². The van der Waals surface area contributed by atoms with Crippen molar-refractivity contribution >= 4 is 7.12 Å². The van der Waals surface area contributed by atoms with E-state index in [1.54, 1.807) is 0 Å². The number of nitriles is 1. The zero-order valence-corrected chi connectivity index (χ0v) is 8.05. The minimum absolute atomic E-state index is 0.298. The molecule has 0 saturated carbocycles. The van der Waals surface area contributed by atoms with Crippen LogP contribution in [0.1, 0.15) is 27.7 Å². The van der Waals surface area contributed by atoms with Crippen LogP contribution in [-0.2, 0) is 9.31 Å². The Bertz CT molecular complexity index is 204. The molecule has 1 aliphatic rings. The first-order chi connectivity index (χ1) is 5.39. The second kappa shape index (κ2) is 2.76. The van der Waals surface area contributed by atoms with Gasteiger partial charge in [0.1, 0.15) is 0 Å². The van der Waals surface area contributed by atoms with Gasteiger partial charge in [-0.3, -0.25) is 0 Å². The summed E-state index contributed by atoms with van der Waals surface area (Å²) in [5.74, 6) is 0. The van der Waals surface area contributed by atoms with Crippen LogP contribution in [0.25, 0.3) is 0 Å². The molecular formula is C8H14BNO2. The highest BCUT2D eigenvalue weighted by Crippen LogP contribution is 2.37. The predicted molar refractivity (Wildman–Crippen MR) is 46.5 cm³/mol. The second-order valence-electron chi connectivity index (χ2n) is 4.05. The molecule has 0 aliphatic carbocycles. The van der Waals surface area contributed by atoms with E-state index >= 15 is 0 Å². The van der Waals surface area contributed by atoms with Crippen LogP contribution in [0.2, 0.25) is 6.32 Å². The lowest BCUT2D eigenvalue weighted by molar-refractivity contribution is 0.00578. The Labute approximate surface area is 73.8 Å². The summed E-state index contributed by atoms with van der Waals surface area (Å²) < 4.78 is 11.1. The highest BCUT2D eigenvalue weighted by atomic mass is 16.7. The third kappa shape index (κ3) is 1.48. The summed E-state index contributed by atoms with van der Waals surface area (Å²) in [7, 11) is -0.361. The molecule has 1 heterocycles. The number of hydrogen-bond acceptors (Lipinski definition) is 3. The van der Waals surface area contributed by atoms with Crippen molar-refractivity contribution in [1.29, 1.82) is 5.26 Å². The zero-order chi connectivity index (χ0) is 9.41. The van der Waals surface area contributed by atoms with Gasteiger partial charge in [-0.15, -0.1) is 0 Å². The van der Waals surface area contributed by atoms with E-state index in [0.29, 0.717) is 6.32 Å². The quantitative estimate of drug-likeness (QED) is 0.557. The number of nitrogens with zero attached hydrogens (tertiary/aromatic N) is 1. The first kappa shape index (κ1) is 9.56. The lowest BCUT2D eigenvalue weighted by Gasteiger charge is -2.32. The van der Waals surface area contributed by atoms with E-state index in [-0.39, 0.29) is 18.3 Å². The third-order valence-corrected chi connectivity index (χ3v) is 2.56. The van der Waals surface area contributed by atoms with Crippen molar-refractivity contribution in [2.75, 3.05) is 0 Å². The van der Waals surface area contributed by atoms with Crippen molar-refractivity contribution < 1.29 is 9.31 Å².